The van der Waals surface area contributed by atoms with E-state index in [-0.39, 0.29) is 18.0 Å². The lowest BCUT2D eigenvalue weighted by Crippen LogP contribution is -2.58. The van der Waals surface area contributed by atoms with Crippen LogP contribution in [-0.2, 0) is 19.6 Å². The lowest BCUT2D eigenvalue weighted by Gasteiger charge is -2.32. The van der Waals surface area contributed by atoms with E-state index in [1.54, 1.807) is 19.9 Å². The molecule has 1 aliphatic rings. The Labute approximate surface area is 168 Å². The van der Waals surface area contributed by atoms with Crippen molar-refractivity contribution in [1.29, 1.82) is 0 Å². The van der Waals surface area contributed by atoms with Crippen LogP contribution in [0.4, 0.5) is 5.69 Å². The molecule has 150 valence electrons. The summed E-state index contributed by atoms with van der Waals surface area (Å²) in [7, 11) is -0.784. The van der Waals surface area contributed by atoms with Gasteiger partial charge in [-0.25, -0.2) is 18.1 Å². The first-order chi connectivity index (χ1) is 12.4. The summed E-state index contributed by atoms with van der Waals surface area (Å²) in [4.78, 5) is 24.5. The van der Waals surface area contributed by atoms with Gasteiger partial charge in [-0.2, -0.15) is 0 Å². The number of hydrogen-bond acceptors (Lipinski definition) is 5. The van der Waals surface area contributed by atoms with Crippen LogP contribution in [0, 0.1) is 13.8 Å². The number of nitrogens with zero attached hydrogens (tertiary/aromatic N) is 2. The maximum absolute atomic E-state index is 12.5. The first kappa shape index (κ1) is 21.9. The maximum atomic E-state index is 12.5. The standard InChI is InChI=1S/C16H22Cl2N4O4S/c1-9-5-11(6-13(10(9)2)27(25,26)21(3)4)20-14(23)8-22-16(24)15(18)12(17)7-19-22/h5-6,12,15,19H,7-8H2,1-4H3,(H,20,23). The van der Waals surface area contributed by atoms with E-state index < -0.39 is 32.6 Å². The van der Waals surface area contributed by atoms with Gasteiger partial charge in [-0.05, 0) is 37.1 Å². The van der Waals surface area contributed by atoms with E-state index in [2.05, 4.69) is 10.7 Å². The Morgan fingerprint density at radius 3 is 2.56 bits per heavy atom. The van der Waals surface area contributed by atoms with E-state index in [1.807, 2.05) is 0 Å². The largest absolute Gasteiger partial charge is 0.324 e. The van der Waals surface area contributed by atoms with Crippen LogP contribution in [0.2, 0.25) is 0 Å². The fourth-order valence-corrected chi connectivity index (χ4v) is 4.12. The first-order valence-electron chi connectivity index (χ1n) is 8.11. The number of alkyl halides is 2. The topological polar surface area (TPSA) is 98.8 Å². The monoisotopic (exact) mass is 436 g/mol. The lowest BCUT2D eigenvalue weighted by atomic mass is 10.1. The average Bonchev–Trinajstić information content (AvgIpc) is 2.58. The molecular weight excluding hydrogens is 415 g/mol. The van der Waals surface area contributed by atoms with Gasteiger partial charge in [0.15, 0.2) is 0 Å². The molecule has 1 fully saturated rings. The van der Waals surface area contributed by atoms with E-state index >= 15 is 0 Å². The molecule has 0 spiro atoms. The number of benzene rings is 1. The SMILES string of the molecule is Cc1cc(NC(=O)CN2NCC(Cl)C(Cl)C2=O)cc(S(=O)(=O)N(C)C)c1C. The number of hydrogen-bond donors (Lipinski definition) is 2. The van der Waals surface area contributed by atoms with Crippen LogP contribution in [0.15, 0.2) is 17.0 Å². The number of nitrogens with one attached hydrogen (secondary N) is 2. The fourth-order valence-electron chi connectivity index (χ4n) is 2.52. The molecule has 1 aliphatic heterocycles. The lowest BCUT2D eigenvalue weighted by molar-refractivity contribution is -0.139. The fraction of sp³-hybridized carbons (Fsp3) is 0.500. The third-order valence-electron chi connectivity index (χ3n) is 4.26. The predicted molar refractivity (Wildman–Crippen MR) is 104 cm³/mol. The molecule has 1 heterocycles. The molecule has 0 saturated carbocycles. The van der Waals surface area contributed by atoms with E-state index in [0.717, 1.165) is 9.31 Å². The van der Waals surface area contributed by atoms with Crippen molar-refractivity contribution in [3.05, 3.63) is 23.3 Å². The highest BCUT2D eigenvalue weighted by Gasteiger charge is 2.35. The van der Waals surface area contributed by atoms with Gasteiger partial charge >= 0.3 is 0 Å². The van der Waals surface area contributed by atoms with Gasteiger partial charge in [-0.1, -0.05) is 0 Å². The molecule has 1 saturated heterocycles. The molecule has 0 aliphatic carbocycles. The number of anilines is 1. The number of amides is 2. The molecule has 27 heavy (non-hydrogen) atoms. The van der Waals surface area contributed by atoms with Crippen LogP contribution < -0.4 is 10.7 Å². The Kier molecular flexibility index (Phi) is 6.75. The number of carbonyl (C=O) groups is 2. The van der Waals surface area contributed by atoms with E-state index in [1.165, 1.54) is 20.2 Å². The number of hydrazine groups is 1. The van der Waals surface area contributed by atoms with Crippen molar-refractivity contribution in [3.63, 3.8) is 0 Å². The van der Waals surface area contributed by atoms with E-state index in [9.17, 15) is 18.0 Å². The Balaban J connectivity index is 2.19. The van der Waals surface area contributed by atoms with Gasteiger partial charge in [0.05, 0.1) is 10.3 Å². The number of rotatable bonds is 5. The third kappa shape index (κ3) is 4.72. The molecule has 0 radical (unpaired) electrons. The van der Waals surface area contributed by atoms with E-state index in [4.69, 9.17) is 23.2 Å². The minimum Gasteiger partial charge on any atom is -0.324 e. The summed E-state index contributed by atoms with van der Waals surface area (Å²) in [5, 5.41) is 2.25. The molecule has 2 unspecified atom stereocenters. The first-order valence-corrected chi connectivity index (χ1v) is 10.4. The van der Waals surface area contributed by atoms with Crippen LogP contribution in [0.25, 0.3) is 0 Å². The Hall–Kier alpha value is -1.39. The highest BCUT2D eigenvalue weighted by molar-refractivity contribution is 7.89. The minimum atomic E-state index is -3.66. The average molecular weight is 437 g/mol. The molecule has 2 atom stereocenters. The van der Waals surface area contributed by atoms with Crippen molar-refractivity contribution in [3.8, 4) is 0 Å². The summed E-state index contributed by atoms with van der Waals surface area (Å²) in [5.74, 6) is -0.988. The zero-order valence-electron chi connectivity index (χ0n) is 15.4. The van der Waals surface area contributed by atoms with Gasteiger partial charge in [0, 0.05) is 26.3 Å². The van der Waals surface area contributed by atoms with Crippen LogP contribution in [0.3, 0.4) is 0 Å². The summed E-state index contributed by atoms with van der Waals surface area (Å²) < 4.78 is 26.1. The van der Waals surface area contributed by atoms with Crippen LogP contribution >= 0.6 is 23.2 Å². The van der Waals surface area contributed by atoms with Crippen LogP contribution in [-0.4, -0.2) is 67.5 Å². The molecule has 2 rings (SSSR count). The molecule has 8 nitrogen and oxygen atoms in total. The summed E-state index contributed by atoms with van der Waals surface area (Å²) in [6.45, 7) is 3.43. The summed E-state index contributed by atoms with van der Waals surface area (Å²) in [5.41, 5.74) is 4.38. The van der Waals surface area contributed by atoms with Crippen molar-refractivity contribution in [2.75, 3.05) is 32.5 Å². The second-order valence-electron chi connectivity index (χ2n) is 6.46. The Bertz CT molecular complexity index is 860. The van der Waals surface area contributed by atoms with Gasteiger partial charge in [-0.15, -0.1) is 23.2 Å². The van der Waals surface area contributed by atoms with Gasteiger partial charge in [0.1, 0.15) is 11.9 Å². The van der Waals surface area contributed by atoms with E-state index in [0.29, 0.717) is 16.8 Å². The molecule has 0 aromatic heterocycles. The second kappa shape index (κ2) is 8.32. The predicted octanol–water partition coefficient (Wildman–Crippen LogP) is 1.05. The van der Waals surface area contributed by atoms with Gasteiger partial charge < -0.3 is 5.32 Å². The zero-order valence-corrected chi connectivity index (χ0v) is 17.7. The highest BCUT2D eigenvalue weighted by atomic mass is 35.5. The summed E-state index contributed by atoms with van der Waals surface area (Å²) >= 11 is 11.8. The molecule has 0 bridgehead atoms. The number of sulfonamides is 1. The second-order valence-corrected chi connectivity index (χ2v) is 9.61. The van der Waals surface area contributed by atoms with Crippen molar-refractivity contribution in [2.24, 2.45) is 0 Å². The van der Waals surface area contributed by atoms with Gasteiger partial charge in [0.2, 0.25) is 15.9 Å². The van der Waals surface area contributed by atoms with Crippen molar-refractivity contribution in [2.45, 2.75) is 29.5 Å². The normalized spacial score (nSPS) is 20.9. The van der Waals surface area contributed by atoms with Gasteiger partial charge in [0.25, 0.3) is 5.91 Å². The summed E-state index contributed by atoms with van der Waals surface area (Å²) in [6.07, 6.45) is 0. The Morgan fingerprint density at radius 2 is 1.96 bits per heavy atom. The molecule has 1 aromatic rings. The maximum Gasteiger partial charge on any atom is 0.256 e. The molecule has 11 heteroatoms. The minimum absolute atomic E-state index is 0.112. The van der Waals surface area contributed by atoms with Crippen LogP contribution in [0.1, 0.15) is 11.1 Å². The van der Waals surface area contributed by atoms with Crippen molar-refractivity contribution in [1.82, 2.24) is 14.7 Å². The molecule has 1 aromatic carbocycles. The smallest absolute Gasteiger partial charge is 0.256 e. The highest BCUT2D eigenvalue weighted by Crippen LogP contribution is 2.26. The van der Waals surface area contributed by atoms with Crippen molar-refractivity contribution < 1.29 is 18.0 Å². The number of aryl methyl sites for hydroxylation is 1. The van der Waals surface area contributed by atoms with Crippen molar-refractivity contribution >= 4 is 50.7 Å². The number of halogens is 2. The quantitative estimate of drug-likeness (QED) is 0.672. The van der Waals surface area contributed by atoms with Gasteiger partial charge in [-0.3, -0.25) is 14.6 Å². The molecular formula is C16H22Cl2N4O4S. The summed E-state index contributed by atoms with van der Waals surface area (Å²) in [6, 6.07) is 3.08. The zero-order chi connectivity index (χ0) is 20.5. The molecule has 2 N–H and O–H groups in total. The van der Waals surface area contributed by atoms with Crippen LogP contribution in [0.5, 0.6) is 0 Å². The molecule has 2 amide bonds. The third-order valence-corrected chi connectivity index (χ3v) is 7.23. The Morgan fingerprint density at radius 1 is 1.33 bits per heavy atom. The number of carbonyl (C=O) groups excluding carboxylic acids is 2.